The Kier molecular flexibility index (Phi) is 3.34. The summed E-state index contributed by atoms with van der Waals surface area (Å²) in [6.45, 7) is 4.33. The average Bonchev–Trinajstić information content (AvgIpc) is 3.18. The number of carbonyl (C=O) groups excluding carboxylic acids is 1. The van der Waals surface area contributed by atoms with Gasteiger partial charge in [0.05, 0.1) is 12.0 Å². The van der Waals surface area contributed by atoms with Gasteiger partial charge >= 0.3 is 0 Å². The molecule has 0 aliphatic heterocycles. The summed E-state index contributed by atoms with van der Waals surface area (Å²) in [5.74, 6) is 0.641. The fourth-order valence-corrected chi connectivity index (χ4v) is 2.11. The van der Waals surface area contributed by atoms with Gasteiger partial charge in [-0.05, 0) is 30.7 Å². The first kappa shape index (κ1) is 12.3. The van der Waals surface area contributed by atoms with E-state index in [-0.39, 0.29) is 12.4 Å². The zero-order valence-electron chi connectivity index (χ0n) is 10.6. The van der Waals surface area contributed by atoms with Crippen molar-refractivity contribution >= 4 is 5.78 Å². The quantitative estimate of drug-likeness (QED) is 0.792. The molecule has 0 bridgehead atoms. The maximum absolute atomic E-state index is 12.2. The molecule has 0 spiro atoms. The highest BCUT2D eigenvalue weighted by atomic mass is 16.3. The molecule has 1 aliphatic rings. The third-order valence-corrected chi connectivity index (χ3v) is 3.99. The van der Waals surface area contributed by atoms with E-state index in [0.717, 1.165) is 24.8 Å². The fraction of sp³-hybridized carbons (Fsp3) is 0.533. The number of Topliss-reactive ketones (excluding diaryl/α,β-unsaturated/α-hetero) is 1. The van der Waals surface area contributed by atoms with Crippen LogP contribution >= 0.6 is 0 Å². The molecule has 0 heterocycles. The van der Waals surface area contributed by atoms with Crippen molar-refractivity contribution in [3.8, 4) is 0 Å². The highest BCUT2D eigenvalue weighted by molar-refractivity contribution is 6.02. The Bertz CT molecular complexity index is 401. The highest BCUT2D eigenvalue weighted by Gasteiger charge is 2.49. The second kappa shape index (κ2) is 4.61. The van der Waals surface area contributed by atoms with E-state index in [2.05, 4.69) is 13.8 Å². The van der Waals surface area contributed by atoms with Crippen LogP contribution in [0.2, 0.25) is 0 Å². The minimum absolute atomic E-state index is 0.0149. The lowest BCUT2D eigenvalue weighted by molar-refractivity contribution is 0.0829. The molecule has 1 aromatic carbocycles. The first-order chi connectivity index (χ1) is 8.13. The van der Waals surface area contributed by atoms with Crippen LogP contribution in [0.5, 0.6) is 0 Å². The third-order valence-electron chi connectivity index (χ3n) is 3.99. The summed E-state index contributed by atoms with van der Waals surface area (Å²) in [4.78, 5) is 12.2. The molecule has 0 radical (unpaired) electrons. The van der Waals surface area contributed by atoms with E-state index < -0.39 is 5.41 Å². The largest absolute Gasteiger partial charge is 0.395 e. The summed E-state index contributed by atoms with van der Waals surface area (Å²) in [7, 11) is 0. The van der Waals surface area contributed by atoms with Crippen molar-refractivity contribution in [3.63, 3.8) is 0 Å². The van der Waals surface area contributed by atoms with Crippen LogP contribution in [0.25, 0.3) is 0 Å². The van der Waals surface area contributed by atoms with Crippen LogP contribution in [0.4, 0.5) is 0 Å². The SMILES string of the molecule is CCC(C)c1ccc(C(=O)C2(CO)CC2)cc1. The molecular formula is C15H20O2. The Balaban J connectivity index is 2.16. The molecule has 92 valence electrons. The number of rotatable bonds is 5. The van der Waals surface area contributed by atoms with Crippen LogP contribution in [0.1, 0.15) is 54.9 Å². The van der Waals surface area contributed by atoms with Gasteiger partial charge in [-0.1, -0.05) is 38.1 Å². The Morgan fingerprint density at radius 1 is 1.35 bits per heavy atom. The molecule has 1 N–H and O–H groups in total. The Hall–Kier alpha value is -1.15. The number of ketones is 1. The fourth-order valence-electron chi connectivity index (χ4n) is 2.11. The Labute approximate surface area is 103 Å². The normalized spacial score (nSPS) is 18.8. The van der Waals surface area contributed by atoms with E-state index >= 15 is 0 Å². The molecule has 2 rings (SSSR count). The van der Waals surface area contributed by atoms with Gasteiger partial charge in [0, 0.05) is 5.56 Å². The van der Waals surface area contributed by atoms with Crippen molar-refractivity contribution in [2.75, 3.05) is 6.61 Å². The molecule has 1 aliphatic carbocycles. The standard InChI is InChI=1S/C15H20O2/c1-3-11(2)12-4-6-13(7-5-12)14(17)15(10-16)8-9-15/h4-7,11,16H,3,8-10H2,1-2H3. The van der Waals surface area contributed by atoms with Crippen molar-refractivity contribution in [2.24, 2.45) is 5.41 Å². The zero-order valence-corrected chi connectivity index (χ0v) is 10.6. The molecule has 1 aromatic rings. The molecule has 2 heteroatoms. The molecule has 0 saturated heterocycles. The van der Waals surface area contributed by atoms with Gasteiger partial charge in [-0.2, -0.15) is 0 Å². The van der Waals surface area contributed by atoms with E-state index in [1.54, 1.807) is 0 Å². The van der Waals surface area contributed by atoms with Gasteiger partial charge in [-0.25, -0.2) is 0 Å². The van der Waals surface area contributed by atoms with Gasteiger partial charge in [-0.3, -0.25) is 4.79 Å². The first-order valence-corrected chi connectivity index (χ1v) is 6.38. The molecule has 1 unspecified atom stereocenters. The van der Waals surface area contributed by atoms with Crippen LogP contribution in [-0.4, -0.2) is 17.5 Å². The van der Waals surface area contributed by atoms with E-state index in [1.165, 1.54) is 5.56 Å². The summed E-state index contributed by atoms with van der Waals surface area (Å²) in [5.41, 5.74) is 1.57. The van der Waals surface area contributed by atoms with Crippen molar-refractivity contribution in [1.82, 2.24) is 0 Å². The van der Waals surface area contributed by atoms with Gasteiger partial charge in [-0.15, -0.1) is 0 Å². The Morgan fingerprint density at radius 2 is 1.94 bits per heavy atom. The second-order valence-corrected chi connectivity index (χ2v) is 5.20. The van der Waals surface area contributed by atoms with Crippen LogP contribution in [0.3, 0.4) is 0 Å². The number of aliphatic hydroxyl groups excluding tert-OH is 1. The summed E-state index contributed by atoms with van der Waals surface area (Å²) < 4.78 is 0. The summed E-state index contributed by atoms with van der Waals surface area (Å²) >= 11 is 0. The first-order valence-electron chi connectivity index (χ1n) is 6.38. The average molecular weight is 232 g/mol. The van der Waals surface area contributed by atoms with E-state index in [1.807, 2.05) is 24.3 Å². The minimum Gasteiger partial charge on any atom is -0.395 e. The summed E-state index contributed by atoms with van der Waals surface area (Å²) in [6.07, 6.45) is 2.76. The molecule has 17 heavy (non-hydrogen) atoms. The third kappa shape index (κ3) is 2.27. The number of hydrogen-bond donors (Lipinski definition) is 1. The maximum Gasteiger partial charge on any atom is 0.171 e. The monoisotopic (exact) mass is 232 g/mol. The van der Waals surface area contributed by atoms with Gasteiger partial charge in [0.15, 0.2) is 5.78 Å². The van der Waals surface area contributed by atoms with Gasteiger partial charge in [0.2, 0.25) is 0 Å². The molecule has 1 fully saturated rings. The van der Waals surface area contributed by atoms with E-state index in [4.69, 9.17) is 0 Å². The van der Waals surface area contributed by atoms with E-state index in [0.29, 0.717) is 5.92 Å². The van der Waals surface area contributed by atoms with Crippen LogP contribution in [0, 0.1) is 5.41 Å². The molecule has 1 saturated carbocycles. The lowest BCUT2D eigenvalue weighted by atomic mass is 9.92. The number of hydrogen-bond acceptors (Lipinski definition) is 2. The van der Waals surface area contributed by atoms with Crippen LogP contribution < -0.4 is 0 Å². The minimum atomic E-state index is -0.447. The molecule has 0 amide bonds. The predicted molar refractivity (Wildman–Crippen MR) is 68.2 cm³/mol. The topological polar surface area (TPSA) is 37.3 Å². The van der Waals surface area contributed by atoms with Crippen molar-refractivity contribution in [1.29, 1.82) is 0 Å². The van der Waals surface area contributed by atoms with Crippen molar-refractivity contribution in [2.45, 2.75) is 39.0 Å². The lowest BCUT2D eigenvalue weighted by Crippen LogP contribution is -2.20. The summed E-state index contributed by atoms with van der Waals surface area (Å²) in [5, 5.41) is 9.25. The lowest BCUT2D eigenvalue weighted by Gasteiger charge is -2.12. The molecule has 1 atom stereocenters. The van der Waals surface area contributed by atoms with Gasteiger partial charge in [0.25, 0.3) is 0 Å². The Morgan fingerprint density at radius 3 is 2.35 bits per heavy atom. The number of benzene rings is 1. The smallest absolute Gasteiger partial charge is 0.171 e. The maximum atomic E-state index is 12.2. The van der Waals surface area contributed by atoms with Gasteiger partial charge in [0.1, 0.15) is 0 Å². The number of aliphatic hydroxyl groups is 1. The zero-order chi connectivity index (χ0) is 12.5. The summed E-state index contributed by atoms with van der Waals surface area (Å²) in [6, 6.07) is 7.88. The second-order valence-electron chi connectivity index (χ2n) is 5.20. The van der Waals surface area contributed by atoms with Crippen molar-refractivity contribution < 1.29 is 9.90 Å². The predicted octanol–water partition coefficient (Wildman–Crippen LogP) is 3.16. The van der Waals surface area contributed by atoms with Crippen LogP contribution in [0.15, 0.2) is 24.3 Å². The van der Waals surface area contributed by atoms with Crippen LogP contribution in [-0.2, 0) is 0 Å². The molecule has 2 nitrogen and oxygen atoms in total. The molecular weight excluding hydrogens is 212 g/mol. The highest BCUT2D eigenvalue weighted by Crippen LogP contribution is 2.47. The molecule has 0 aromatic heterocycles. The van der Waals surface area contributed by atoms with E-state index in [9.17, 15) is 9.90 Å². The van der Waals surface area contributed by atoms with Gasteiger partial charge < -0.3 is 5.11 Å². The van der Waals surface area contributed by atoms with Crippen molar-refractivity contribution in [3.05, 3.63) is 35.4 Å². The number of carbonyl (C=O) groups is 1.